The highest BCUT2D eigenvalue weighted by Crippen LogP contribution is 2.25. The van der Waals surface area contributed by atoms with Gasteiger partial charge in [-0.15, -0.1) is 0 Å². The normalized spacial score (nSPS) is 15.6. The van der Waals surface area contributed by atoms with Crippen molar-refractivity contribution >= 4 is 21.8 Å². The number of benzene rings is 1. The Bertz CT molecular complexity index is 399. The molecule has 2 rings (SSSR count). The van der Waals surface area contributed by atoms with Gasteiger partial charge in [0.25, 0.3) is 5.91 Å². The van der Waals surface area contributed by atoms with Crippen LogP contribution in [0.4, 0.5) is 0 Å². The molecule has 0 saturated heterocycles. The van der Waals surface area contributed by atoms with Crippen LogP contribution in [0.1, 0.15) is 35.2 Å². The van der Waals surface area contributed by atoms with Gasteiger partial charge < -0.3 is 5.32 Å². The van der Waals surface area contributed by atoms with Gasteiger partial charge in [0.2, 0.25) is 0 Å². The minimum atomic E-state index is 0.0469. The number of carbonyl (C=O) groups excluding carboxylic acids is 1. The first kappa shape index (κ1) is 11.6. The van der Waals surface area contributed by atoms with Gasteiger partial charge in [0.1, 0.15) is 0 Å². The Balaban J connectivity index is 1.99. The van der Waals surface area contributed by atoms with Crippen molar-refractivity contribution in [1.82, 2.24) is 5.32 Å². The van der Waals surface area contributed by atoms with Gasteiger partial charge in [0.05, 0.1) is 0 Å². The molecule has 1 saturated carbocycles. The van der Waals surface area contributed by atoms with Crippen molar-refractivity contribution in [3.05, 3.63) is 33.8 Å². The van der Waals surface area contributed by atoms with Crippen LogP contribution >= 0.6 is 15.9 Å². The molecule has 0 heterocycles. The zero-order valence-corrected chi connectivity index (χ0v) is 11.0. The highest BCUT2D eigenvalue weighted by Gasteiger charge is 2.18. The fourth-order valence-corrected chi connectivity index (χ4v) is 2.23. The summed E-state index contributed by atoms with van der Waals surface area (Å²) in [6.07, 6.45) is 3.84. The van der Waals surface area contributed by atoms with E-state index in [0.29, 0.717) is 5.92 Å². The average Bonchev–Trinajstić information content (AvgIpc) is 2.19. The Morgan fingerprint density at radius 3 is 2.88 bits per heavy atom. The molecule has 3 heteroatoms. The van der Waals surface area contributed by atoms with E-state index in [1.807, 2.05) is 25.1 Å². The van der Waals surface area contributed by atoms with Crippen LogP contribution < -0.4 is 5.32 Å². The molecule has 1 N–H and O–H groups in total. The van der Waals surface area contributed by atoms with E-state index in [0.717, 1.165) is 22.1 Å². The number of amides is 1. The summed E-state index contributed by atoms with van der Waals surface area (Å²) in [5.41, 5.74) is 1.79. The number of carbonyl (C=O) groups is 1. The van der Waals surface area contributed by atoms with E-state index in [1.165, 1.54) is 19.3 Å². The zero-order valence-electron chi connectivity index (χ0n) is 9.42. The van der Waals surface area contributed by atoms with Gasteiger partial charge in [-0.05, 0) is 43.4 Å². The standard InChI is InChI=1S/C13H16BrNO/c1-9-5-6-11(14)7-12(9)13(16)15-8-10-3-2-4-10/h5-7,10H,2-4,8H2,1H3,(H,15,16). The predicted octanol–water partition coefficient (Wildman–Crippen LogP) is 3.29. The van der Waals surface area contributed by atoms with E-state index in [2.05, 4.69) is 21.2 Å². The minimum absolute atomic E-state index is 0.0469. The third-order valence-corrected chi connectivity index (χ3v) is 3.71. The Morgan fingerprint density at radius 1 is 1.50 bits per heavy atom. The molecule has 86 valence electrons. The second kappa shape index (κ2) is 5.00. The molecule has 1 amide bonds. The second-order valence-corrected chi connectivity index (χ2v) is 5.38. The van der Waals surface area contributed by atoms with Gasteiger partial charge in [-0.25, -0.2) is 0 Å². The van der Waals surface area contributed by atoms with Crippen molar-refractivity contribution in [3.63, 3.8) is 0 Å². The van der Waals surface area contributed by atoms with Crippen LogP contribution in [0.3, 0.4) is 0 Å². The van der Waals surface area contributed by atoms with Crippen LogP contribution in [-0.4, -0.2) is 12.5 Å². The molecule has 2 nitrogen and oxygen atoms in total. The molecule has 1 fully saturated rings. The maximum absolute atomic E-state index is 11.9. The first-order valence-corrected chi connectivity index (χ1v) is 6.50. The van der Waals surface area contributed by atoms with E-state index >= 15 is 0 Å². The van der Waals surface area contributed by atoms with Crippen LogP contribution in [0.2, 0.25) is 0 Å². The Morgan fingerprint density at radius 2 is 2.25 bits per heavy atom. The van der Waals surface area contributed by atoms with Crippen molar-refractivity contribution in [1.29, 1.82) is 0 Å². The zero-order chi connectivity index (χ0) is 11.5. The molecule has 0 aromatic heterocycles. The maximum atomic E-state index is 11.9. The minimum Gasteiger partial charge on any atom is -0.352 e. The first-order valence-electron chi connectivity index (χ1n) is 5.71. The number of hydrogen-bond donors (Lipinski definition) is 1. The summed E-state index contributed by atoms with van der Waals surface area (Å²) in [4.78, 5) is 11.9. The molecule has 1 aromatic rings. The highest BCUT2D eigenvalue weighted by atomic mass is 79.9. The van der Waals surface area contributed by atoms with Gasteiger partial charge in [-0.1, -0.05) is 28.4 Å². The molecular formula is C13H16BrNO. The molecule has 0 spiro atoms. The van der Waals surface area contributed by atoms with Crippen molar-refractivity contribution in [3.8, 4) is 0 Å². The Hall–Kier alpha value is -0.830. The van der Waals surface area contributed by atoms with E-state index in [1.54, 1.807) is 0 Å². The van der Waals surface area contributed by atoms with Crippen molar-refractivity contribution in [2.75, 3.05) is 6.54 Å². The van der Waals surface area contributed by atoms with Gasteiger partial charge in [0.15, 0.2) is 0 Å². The fraction of sp³-hybridized carbons (Fsp3) is 0.462. The first-order chi connectivity index (χ1) is 7.66. The van der Waals surface area contributed by atoms with E-state index in [9.17, 15) is 4.79 Å². The number of hydrogen-bond acceptors (Lipinski definition) is 1. The van der Waals surface area contributed by atoms with Crippen LogP contribution in [0.15, 0.2) is 22.7 Å². The number of rotatable bonds is 3. The lowest BCUT2D eigenvalue weighted by Crippen LogP contribution is -2.32. The van der Waals surface area contributed by atoms with Crippen LogP contribution in [0.5, 0.6) is 0 Å². The summed E-state index contributed by atoms with van der Waals surface area (Å²) in [5, 5.41) is 3.01. The molecular weight excluding hydrogens is 266 g/mol. The number of halogens is 1. The summed E-state index contributed by atoms with van der Waals surface area (Å²) in [5.74, 6) is 0.752. The van der Waals surface area contributed by atoms with Gasteiger partial charge in [0, 0.05) is 16.6 Å². The highest BCUT2D eigenvalue weighted by molar-refractivity contribution is 9.10. The lowest BCUT2D eigenvalue weighted by molar-refractivity contribution is 0.0938. The van der Waals surface area contributed by atoms with Crippen LogP contribution in [0, 0.1) is 12.8 Å². The lowest BCUT2D eigenvalue weighted by Gasteiger charge is -2.25. The summed E-state index contributed by atoms with van der Waals surface area (Å²) in [6, 6.07) is 5.80. The largest absolute Gasteiger partial charge is 0.352 e. The molecule has 0 atom stereocenters. The Labute approximate surface area is 105 Å². The van der Waals surface area contributed by atoms with E-state index in [4.69, 9.17) is 0 Å². The second-order valence-electron chi connectivity index (χ2n) is 4.47. The smallest absolute Gasteiger partial charge is 0.251 e. The summed E-state index contributed by atoms with van der Waals surface area (Å²) in [6.45, 7) is 2.79. The van der Waals surface area contributed by atoms with Crippen molar-refractivity contribution < 1.29 is 4.79 Å². The average molecular weight is 282 g/mol. The molecule has 0 radical (unpaired) electrons. The molecule has 0 aliphatic heterocycles. The monoisotopic (exact) mass is 281 g/mol. The molecule has 1 aliphatic rings. The molecule has 0 bridgehead atoms. The lowest BCUT2D eigenvalue weighted by atomic mass is 9.85. The third kappa shape index (κ3) is 2.64. The topological polar surface area (TPSA) is 29.1 Å². The number of nitrogens with one attached hydrogen (secondary N) is 1. The van der Waals surface area contributed by atoms with Crippen molar-refractivity contribution in [2.45, 2.75) is 26.2 Å². The molecule has 1 aromatic carbocycles. The van der Waals surface area contributed by atoms with E-state index in [-0.39, 0.29) is 5.91 Å². The van der Waals surface area contributed by atoms with Gasteiger partial charge in [-0.3, -0.25) is 4.79 Å². The summed E-state index contributed by atoms with van der Waals surface area (Å²) in [7, 11) is 0. The SMILES string of the molecule is Cc1ccc(Br)cc1C(=O)NCC1CCC1. The van der Waals surface area contributed by atoms with E-state index < -0.39 is 0 Å². The quantitative estimate of drug-likeness (QED) is 0.905. The predicted molar refractivity (Wildman–Crippen MR) is 68.6 cm³/mol. The van der Waals surface area contributed by atoms with Gasteiger partial charge >= 0.3 is 0 Å². The third-order valence-electron chi connectivity index (χ3n) is 3.22. The summed E-state index contributed by atoms with van der Waals surface area (Å²) < 4.78 is 0.951. The Kier molecular flexibility index (Phi) is 3.64. The van der Waals surface area contributed by atoms with Crippen LogP contribution in [-0.2, 0) is 0 Å². The fourth-order valence-electron chi connectivity index (χ4n) is 1.87. The van der Waals surface area contributed by atoms with Gasteiger partial charge in [-0.2, -0.15) is 0 Å². The molecule has 16 heavy (non-hydrogen) atoms. The summed E-state index contributed by atoms with van der Waals surface area (Å²) >= 11 is 3.39. The molecule has 0 unspecified atom stereocenters. The number of aryl methyl sites for hydroxylation is 1. The van der Waals surface area contributed by atoms with Crippen molar-refractivity contribution in [2.24, 2.45) is 5.92 Å². The maximum Gasteiger partial charge on any atom is 0.251 e. The molecule has 1 aliphatic carbocycles. The van der Waals surface area contributed by atoms with Crippen LogP contribution in [0.25, 0.3) is 0 Å².